The van der Waals surface area contributed by atoms with E-state index in [0.717, 1.165) is 11.1 Å². The van der Waals surface area contributed by atoms with Crippen molar-refractivity contribution in [3.05, 3.63) is 83.8 Å². The van der Waals surface area contributed by atoms with Gasteiger partial charge in [0.15, 0.2) is 6.04 Å². The average Bonchev–Trinajstić information content (AvgIpc) is 3.46. The van der Waals surface area contributed by atoms with E-state index in [0.29, 0.717) is 30.2 Å². The summed E-state index contributed by atoms with van der Waals surface area (Å²) in [4.78, 5) is 28.5. The molecular weight excluding hydrogens is 434 g/mol. The van der Waals surface area contributed by atoms with E-state index in [1.54, 1.807) is 30.8 Å². The summed E-state index contributed by atoms with van der Waals surface area (Å²) in [6.07, 6.45) is 0. The van der Waals surface area contributed by atoms with Gasteiger partial charge in [0.2, 0.25) is 5.91 Å². The molecule has 0 spiro atoms. The molecule has 2 aromatic carbocycles. The Morgan fingerprint density at radius 2 is 1.85 bits per heavy atom. The molecule has 0 saturated heterocycles. The van der Waals surface area contributed by atoms with Gasteiger partial charge in [-0.25, -0.2) is 4.68 Å². The van der Waals surface area contributed by atoms with Crippen molar-refractivity contribution in [2.24, 2.45) is 0 Å². The van der Waals surface area contributed by atoms with Crippen LogP contribution in [-0.4, -0.2) is 52.0 Å². The van der Waals surface area contributed by atoms with E-state index < -0.39 is 6.04 Å². The van der Waals surface area contributed by atoms with Crippen molar-refractivity contribution in [1.82, 2.24) is 25.2 Å². The van der Waals surface area contributed by atoms with Crippen molar-refractivity contribution in [2.75, 3.05) is 20.3 Å². The van der Waals surface area contributed by atoms with E-state index in [2.05, 4.69) is 15.6 Å². The molecule has 0 saturated carbocycles. The summed E-state index contributed by atoms with van der Waals surface area (Å²) in [6, 6.07) is 19.5. The Kier molecular flexibility index (Phi) is 7.34. The van der Waals surface area contributed by atoms with Gasteiger partial charge in [0, 0.05) is 20.2 Å². The van der Waals surface area contributed by atoms with Crippen LogP contribution in [0, 0.1) is 6.92 Å². The summed E-state index contributed by atoms with van der Waals surface area (Å²) < 4.78 is 12.4. The second-order valence-electron chi connectivity index (χ2n) is 7.88. The fourth-order valence-electron chi connectivity index (χ4n) is 3.75. The maximum absolute atomic E-state index is 13.7. The van der Waals surface area contributed by atoms with E-state index in [-0.39, 0.29) is 24.9 Å². The second-order valence-corrected chi connectivity index (χ2v) is 7.88. The Hall–Kier alpha value is -3.98. The topological polar surface area (TPSA) is 102 Å². The zero-order valence-electron chi connectivity index (χ0n) is 19.2. The normalized spacial score (nSPS) is 11.9. The fourth-order valence-corrected chi connectivity index (χ4v) is 3.75. The molecule has 4 aromatic rings. The Morgan fingerprint density at radius 3 is 2.59 bits per heavy atom. The van der Waals surface area contributed by atoms with Crippen LogP contribution in [0.4, 0.5) is 0 Å². The van der Waals surface area contributed by atoms with Crippen LogP contribution in [0.3, 0.4) is 0 Å². The van der Waals surface area contributed by atoms with Crippen LogP contribution >= 0.6 is 0 Å². The van der Waals surface area contributed by atoms with Crippen molar-refractivity contribution >= 4 is 22.8 Å². The fraction of sp³-hybridized carbons (Fsp3) is 0.280. The number of nitrogens with one attached hydrogen (secondary N) is 1. The third-order valence-corrected chi connectivity index (χ3v) is 5.42. The first-order chi connectivity index (χ1) is 16.6. The number of para-hydroxylation sites is 1. The van der Waals surface area contributed by atoms with Crippen LogP contribution in [0.5, 0.6) is 0 Å². The Labute approximate surface area is 197 Å². The third-order valence-electron chi connectivity index (χ3n) is 5.42. The van der Waals surface area contributed by atoms with Gasteiger partial charge in [0.05, 0.1) is 12.1 Å². The number of hydrogen-bond donors (Lipinski definition) is 1. The van der Waals surface area contributed by atoms with Crippen LogP contribution in [0.1, 0.15) is 23.1 Å². The Bertz CT molecular complexity index is 1250. The monoisotopic (exact) mass is 461 g/mol. The summed E-state index contributed by atoms with van der Waals surface area (Å²) in [6.45, 7) is 2.61. The largest absolute Gasteiger partial charge is 0.464 e. The van der Waals surface area contributed by atoms with Crippen molar-refractivity contribution in [1.29, 1.82) is 0 Å². The predicted molar refractivity (Wildman–Crippen MR) is 126 cm³/mol. The van der Waals surface area contributed by atoms with E-state index in [1.165, 1.54) is 4.90 Å². The van der Waals surface area contributed by atoms with Crippen molar-refractivity contribution in [3.8, 4) is 0 Å². The zero-order chi connectivity index (χ0) is 23.9. The quantitative estimate of drug-likeness (QED) is 0.364. The molecule has 1 N–H and O–H groups in total. The zero-order valence-corrected chi connectivity index (χ0v) is 19.2. The minimum absolute atomic E-state index is 0.0745. The number of benzene rings is 2. The van der Waals surface area contributed by atoms with Gasteiger partial charge in [-0.3, -0.25) is 9.59 Å². The molecule has 0 aliphatic heterocycles. The molecule has 2 aromatic heterocycles. The molecule has 2 heterocycles. The van der Waals surface area contributed by atoms with E-state index in [1.807, 2.05) is 54.6 Å². The molecule has 0 aliphatic rings. The summed E-state index contributed by atoms with van der Waals surface area (Å²) in [5.41, 5.74) is 2.32. The van der Waals surface area contributed by atoms with Gasteiger partial charge in [-0.2, -0.15) is 0 Å². The standard InChI is InChI=1S/C25H27N5O4/c1-18-12-13-22(34-18)24(25(32)26-14-15-33-2)29(16-19-8-4-3-5-9-19)23(31)17-30-21-11-7-6-10-20(21)27-28-30/h3-13,24H,14-17H2,1-2H3,(H,26,32)/t24-/m0/s1. The predicted octanol–water partition coefficient (Wildman–Crippen LogP) is 2.87. The lowest BCUT2D eigenvalue weighted by atomic mass is 10.1. The minimum Gasteiger partial charge on any atom is -0.464 e. The molecule has 1 atom stereocenters. The highest BCUT2D eigenvalue weighted by atomic mass is 16.5. The molecule has 9 heteroatoms. The number of hydrogen-bond acceptors (Lipinski definition) is 6. The molecule has 176 valence electrons. The van der Waals surface area contributed by atoms with Crippen molar-refractivity contribution in [2.45, 2.75) is 26.1 Å². The lowest BCUT2D eigenvalue weighted by Crippen LogP contribution is -2.45. The molecule has 0 radical (unpaired) electrons. The number of fused-ring (bicyclic) bond motifs is 1. The number of aromatic nitrogens is 3. The Morgan fingerprint density at radius 1 is 1.09 bits per heavy atom. The Balaban J connectivity index is 1.69. The van der Waals surface area contributed by atoms with Crippen LogP contribution in [0.15, 0.2) is 71.1 Å². The summed E-state index contributed by atoms with van der Waals surface area (Å²) in [7, 11) is 1.56. The first kappa shape index (κ1) is 23.2. The molecule has 4 rings (SSSR count). The third kappa shape index (κ3) is 5.32. The molecule has 34 heavy (non-hydrogen) atoms. The van der Waals surface area contributed by atoms with E-state index in [9.17, 15) is 9.59 Å². The SMILES string of the molecule is COCCNC(=O)[C@H](c1ccc(C)o1)N(Cc1ccccc1)C(=O)Cn1nnc2ccccc21. The maximum Gasteiger partial charge on any atom is 0.250 e. The average molecular weight is 462 g/mol. The molecule has 9 nitrogen and oxygen atoms in total. The number of rotatable bonds is 10. The van der Waals surface area contributed by atoms with Crippen molar-refractivity contribution in [3.63, 3.8) is 0 Å². The number of aryl methyl sites for hydroxylation is 1. The summed E-state index contributed by atoms with van der Waals surface area (Å²) >= 11 is 0. The molecule has 0 bridgehead atoms. The minimum atomic E-state index is -0.965. The lowest BCUT2D eigenvalue weighted by molar-refractivity contribution is -0.143. The number of furan rings is 1. The van der Waals surface area contributed by atoms with Gasteiger partial charge in [-0.15, -0.1) is 5.10 Å². The summed E-state index contributed by atoms with van der Waals surface area (Å²) in [5, 5.41) is 11.1. The molecule has 2 amide bonds. The number of nitrogens with zero attached hydrogens (tertiary/aromatic N) is 4. The van der Waals surface area contributed by atoms with Gasteiger partial charge >= 0.3 is 0 Å². The smallest absolute Gasteiger partial charge is 0.250 e. The molecule has 0 unspecified atom stereocenters. The lowest BCUT2D eigenvalue weighted by Gasteiger charge is -2.30. The maximum atomic E-state index is 13.7. The highest BCUT2D eigenvalue weighted by Gasteiger charge is 2.34. The van der Waals surface area contributed by atoms with Gasteiger partial charge in [-0.1, -0.05) is 47.7 Å². The van der Waals surface area contributed by atoms with E-state index >= 15 is 0 Å². The van der Waals surface area contributed by atoms with Crippen LogP contribution < -0.4 is 5.32 Å². The molecular formula is C25H27N5O4. The van der Waals surface area contributed by atoms with Gasteiger partial charge in [0.25, 0.3) is 5.91 Å². The number of methoxy groups -OCH3 is 1. The highest BCUT2D eigenvalue weighted by molar-refractivity contribution is 5.88. The van der Waals surface area contributed by atoms with Crippen LogP contribution in [0.25, 0.3) is 11.0 Å². The molecule has 0 aliphatic carbocycles. The van der Waals surface area contributed by atoms with Gasteiger partial charge in [-0.05, 0) is 36.8 Å². The highest BCUT2D eigenvalue weighted by Crippen LogP contribution is 2.26. The summed E-state index contributed by atoms with van der Waals surface area (Å²) in [5.74, 6) is 0.402. The first-order valence-electron chi connectivity index (χ1n) is 11.0. The van der Waals surface area contributed by atoms with Gasteiger partial charge in [0.1, 0.15) is 23.6 Å². The van der Waals surface area contributed by atoms with Crippen LogP contribution in [-0.2, 0) is 27.4 Å². The van der Waals surface area contributed by atoms with Crippen molar-refractivity contribution < 1.29 is 18.7 Å². The van der Waals surface area contributed by atoms with E-state index in [4.69, 9.17) is 9.15 Å². The number of carbonyl (C=O) groups is 2. The second kappa shape index (κ2) is 10.8. The first-order valence-corrected chi connectivity index (χ1v) is 11.0. The number of amides is 2. The number of carbonyl (C=O) groups excluding carboxylic acids is 2. The van der Waals surface area contributed by atoms with Gasteiger partial charge < -0.3 is 19.4 Å². The molecule has 0 fully saturated rings. The van der Waals surface area contributed by atoms with Crippen LogP contribution in [0.2, 0.25) is 0 Å². The number of ether oxygens (including phenoxy) is 1.